The van der Waals surface area contributed by atoms with Gasteiger partial charge in [-0.25, -0.2) is 23.7 Å². The average Bonchev–Trinajstić information content (AvgIpc) is 3.31. The Balaban J connectivity index is 1.49. The Labute approximate surface area is 192 Å². The monoisotopic (exact) mass is 459 g/mol. The zero-order valence-corrected chi connectivity index (χ0v) is 17.8. The van der Waals surface area contributed by atoms with E-state index < -0.39 is 17.4 Å². The van der Waals surface area contributed by atoms with Gasteiger partial charge in [-0.05, 0) is 47.0 Å². The lowest BCUT2D eigenvalue weighted by atomic mass is 10.1. The molecule has 0 atom stereocenters. The molecule has 10 heteroatoms. The highest BCUT2D eigenvalue weighted by atomic mass is 19.1. The number of anilines is 1. The summed E-state index contributed by atoms with van der Waals surface area (Å²) >= 11 is 0. The summed E-state index contributed by atoms with van der Waals surface area (Å²) < 4.78 is 34.6. The molecule has 0 aliphatic heterocycles. The summed E-state index contributed by atoms with van der Waals surface area (Å²) in [6.07, 6.45) is 8.14. The second kappa shape index (κ2) is 9.20. The molecule has 4 aromatic heterocycles. The first-order valence-electron chi connectivity index (χ1n) is 10.4. The molecule has 0 amide bonds. The number of H-pyrrole nitrogens is 1. The van der Waals surface area contributed by atoms with Crippen molar-refractivity contribution in [3.05, 3.63) is 90.3 Å². The van der Waals surface area contributed by atoms with E-state index in [4.69, 9.17) is 10.5 Å². The van der Waals surface area contributed by atoms with Crippen LogP contribution in [-0.2, 0) is 13.1 Å². The maximum absolute atomic E-state index is 14.5. The van der Waals surface area contributed by atoms with Gasteiger partial charge in [0.2, 0.25) is 11.6 Å². The zero-order valence-electron chi connectivity index (χ0n) is 17.8. The van der Waals surface area contributed by atoms with Gasteiger partial charge in [0.1, 0.15) is 17.8 Å². The largest absolute Gasteiger partial charge is 0.432 e. The molecule has 0 spiro atoms. The predicted molar refractivity (Wildman–Crippen MR) is 123 cm³/mol. The van der Waals surface area contributed by atoms with E-state index >= 15 is 0 Å². The van der Waals surface area contributed by atoms with Crippen LogP contribution in [0.5, 0.6) is 11.6 Å². The summed E-state index contributed by atoms with van der Waals surface area (Å²) in [5, 5.41) is 3.74. The third kappa shape index (κ3) is 4.26. The quantitative estimate of drug-likeness (QED) is 0.327. The van der Waals surface area contributed by atoms with Crippen molar-refractivity contribution >= 4 is 16.9 Å². The van der Waals surface area contributed by atoms with Crippen LogP contribution in [0.1, 0.15) is 11.1 Å². The van der Waals surface area contributed by atoms with Crippen molar-refractivity contribution in [2.75, 3.05) is 5.32 Å². The number of benzene rings is 1. The average molecular weight is 459 g/mol. The summed E-state index contributed by atoms with van der Waals surface area (Å²) in [6.45, 7) is 0.556. The minimum absolute atomic E-state index is 0.00697. The molecule has 34 heavy (non-hydrogen) atoms. The maximum Gasteiger partial charge on any atom is 0.232 e. The van der Waals surface area contributed by atoms with Crippen molar-refractivity contribution in [1.82, 2.24) is 24.9 Å². The van der Waals surface area contributed by atoms with Crippen LogP contribution in [0, 0.1) is 11.6 Å². The molecule has 4 N–H and O–H groups in total. The lowest BCUT2D eigenvalue weighted by Crippen LogP contribution is -2.02. The molecule has 5 rings (SSSR count). The maximum atomic E-state index is 14.5. The first-order valence-corrected chi connectivity index (χ1v) is 10.4. The van der Waals surface area contributed by atoms with Crippen LogP contribution >= 0.6 is 0 Å². The third-order valence-electron chi connectivity index (χ3n) is 5.19. The predicted octanol–water partition coefficient (Wildman–Crippen LogP) is 4.56. The normalized spacial score (nSPS) is 11.0. The lowest BCUT2D eigenvalue weighted by molar-refractivity contribution is 0.398. The van der Waals surface area contributed by atoms with E-state index in [0.717, 1.165) is 23.3 Å². The summed E-state index contributed by atoms with van der Waals surface area (Å²) in [4.78, 5) is 19.9. The molecule has 0 saturated carbocycles. The van der Waals surface area contributed by atoms with Gasteiger partial charge in [0.25, 0.3) is 0 Å². The summed E-state index contributed by atoms with van der Waals surface area (Å²) in [5.74, 6) is -1.63. The van der Waals surface area contributed by atoms with Crippen molar-refractivity contribution in [3.63, 3.8) is 0 Å². The first kappa shape index (κ1) is 21.4. The third-order valence-corrected chi connectivity index (χ3v) is 5.19. The van der Waals surface area contributed by atoms with Crippen LogP contribution in [0.3, 0.4) is 0 Å². The van der Waals surface area contributed by atoms with Gasteiger partial charge in [-0.2, -0.15) is 0 Å². The molecule has 0 aliphatic rings. The molecule has 0 radical (unpaired) electrons. The van der Waals surface area contributed by atoms with Crippen LogP contribution in [0.15, 0.2) is 67.5 Å². The van der Waals surface area contributed by atoms with Gasteiger partial charge in [-0.1, -0.05) is 6.07 Å². The number of aromatic nitrogens is 5. The molecule has 0 saturated heterocycles. The molecule has 1 aromatic carbocycles. The van der Waals surface area contributed by atoms with E-state index in [0.29, 0.717) is 34.5 Å². The Morgan fingerprint density at radius 2 is 1.85 bits per heavy atom. The van der Waals surface area contributed by atoms with Crippen molar-refractivity contribution in [2.24, 2.45) is 5.73 Å². The number of nitrogens with one attached hydrogen (secondary N) is 2. The van der Waals surface area contributed by atoms with E-state index in [9.17, 15) is 8.78 Å². The molecule has 8 nitrogen and oxygen atoms in total. The highest BCUT2D eigenvalue weighted by molar-refractivity contribution is 5.97. The van der Waals surface area contributed by atoms with Crippen molar-refractivity contribution in [2.45, 2.75) is 13.1 Å². The number of rotatable bonds is 7. The Morgan fingerprint density at radius 3 is 2.62 bits per heavy atom. The van der Waals surface area contributed by atoms with E-state index in [1.54, 1.807) is 24.8 Å². The van der Waals surface area contributed by atoms with E-state index in [-0.39, 0.29) is 12.4 Å². The number of nitrogens with two attached hydrogens (primary N) is 1. The number of aromatic amines is 1. The van der Waals surface area contributed by atoms with Crippen molar-refractivity contribution < 1.29 is 13.5 Å². The Kier molecular flexibility index (Phi) is 5.79. The number of hydrogen-bond donors (Lipinski definition) is 3. The van der Waals surface area contributed by atoms with Gasteiger partial charge < -0.3 is 20.8 Å². The second-order valence-electron chi connectivity index (χ2n) is 7.44. The van der Waals surface area contributed by atoms with Gasteiger partial charge in [0, 0.05) is 43.4 Å². The molecule has 4 heterocycles. The highest BCUT2D eigenvalue weighted by Gasteiger charge is 2.19. The number of hydrogen-bond acceptors (Lipinski definition) is 7. The Hall–Kier alpha value is -4.44. The summed E-state index contributed by atoms with van der Waals surface area (Å²) in [6, 6.07) is 9.76. The zero-order chi connectivity index (χ0) is 23.5. The number of halogens is 2. The number of fused-ring (bicyclic) bond motifs is 1. The minimum Gasteiger partial charge on any atom is -0.432 e. The summed E-state index contributed by atoms with van der Waals surface area (Å²) in [5.41, 5.74) is 8.76. The summed E-state index contributed by atoms with van der Waals surface area (Å²) in [7, 11) is 0. The van der Waals surface area contributed by atoms with Gasteiger partial charge in [-0.3, -0.25) is 4.98 Å². The Morgan fingerprint density at radius 1 is 1.00 bits per heavy atom. The van der Waals surface area contributed by atoms with Crippen LogP contribution in [0.2, 0.25) is 0 Å². The standard InChI is InChI=1S/C24H19F2N7O/c25-18-6-15(9-27)7-19(26)22(18)34-24-21-17(12-31-23(21)32-13-33-24)16-3-5-29-20(8-16)30-11-14-2-1-4-28-10-14/h1-8,10,12-13H,9,11,27H2,(H,29,30)(H,31,32,33). The smallest absolute Gasteiger partial charge is 0.232 e. The van der Waals surface area contributed by atoms with E-state index in [2.05, 4.69) is 30.2 Å². The topological polar surface area (TPSA) is 115 Å². The fourth-order valence-electron chi connectivity index (χ4n) is 3.55. The number of pyridine rings is 2. The minimum atomic E-state index is -0.866. The fraction of sp³-hybridized carbons (Fsp3) is 0.0833. The molecular weight excluding hydrogens is 440 g/mol. The van der Waals surface area contributed by atoms with Gasteiger partial charge in [-0.15, -0.1) is 0 Å². The van der Waals surface area contributed by atoms with Crippen molar-refractivity contribution in [3.8, 4) is 22.8 Å². The van der Waals surface area contributed by atoms with E-state index in [1.165, 1.54) is 6.33 Å². The SMILES string of the molecule is NCc1cc(F)c(Oc2ncnc3[nH]cc(-c4ccnc(NCc5cccnc5)c4)c23)c(F)c1. The molecule has 0 aliphatic carbocycles. The molecule has 0 bridgehead atoms. The number of nitrogens with zero attached hydrogens (tertiary/aromatic N) is 4. The van der Waals surface area contributed by atoms with Crippen LogP contribution < -0.4 is 15.8 Å². The van der Waals surface area contributed by atoms with Crippen molar-refractivity contribution in [1.29, 1.82) is 0 Å². The lowest BCUT2D eigenvalue weighted by Gasteiger charge is -2.11. The Bertz CT molecular complexity index is 1430. The van der Waals surface area contributed by atoms with Crippen LogP contribution in [0.25, 0.3) is 22.2 Å². The molecule has 170 valence electrons. The highest BCUT2D eigenvalue weighted by Crippen LogP contribution is 2.37. The number of ether oxygens (including phenoxy) is 1. The van der Waals surface area contributed by atoms with Crippen LogP contribution in [-0.4, -0.2) is 24.9 Å². The van der Waals surface area contributed by atoms with Crippen LogP contribution in [0.4, 0.5) is 14.6 Å². The molecule has 5 aromatic rings. The molecule has 0 fully saturated rings. The fourth-order valence-corrected chi connectivity index (χ4v) is 3.55. The van der Waals surface area contributed by atoms with Gasteiger partial charge in [0.15, 0.2) is 11.6 Å². The molecule has 0 unspecified atom stereocenters. The van der Waals surface area contributed by atoms with E-state index in [1.807, 2.05) is 24.3 Å². The second-order valence-corrected chi connectivity index (χ2v) is 7.44. The van der Waals surface area contributed by atoms with Gasteiger partial charge >= 0.3 is 0 Å². The first-order chi connectivity index (χ1) is 16.6. The van der Waals surface area contributed by atoms with Gasteiger partial charge in [0.05, 0.1) is 5.39 Å². The molecular formula is C24H19F2N7O.